The van der Waals surface area contributed by atoms with Gasteiger partial charge in [0.05, 0.1) is 11.0 Å². The molecule has 0 radical (unpaired) electrons. The Bertz CT molecular complexity index is 578. The van der Waals surface area contributed by atoms with Crippen LogP contribution in [0, 0.1) is 6.92 Å². The number of benzene rings is 1. The van der Waals surface area contributed by atoms with Crippen molar-refractivity contribution in [3.63, 3.8) is 0 Å². The lowest BCUT2D eigenvalue weighted by molar-refractivity contribution is 0.263. The van der Waals surface area contributed by atoms with E-state index >= 15 is 0 Å². The van der Waals surface area contributed by atoms with Crippen LogP contribution >= 0.6 is 0 Å². The molecule has 0 aliphatic heterocycles. The summed E-state index contributed by atoms with van der Waals surface area (Å²) in [6.07, 6.45) is 0. The Hall–Kier alpha value is -1.39. The van der Waals surface area contributed by atoms with Crippen molar-refractivity contribution in [1.29, 1.82) is 0 Å². The molecular formula is C15H24N4. The van der Waals surface area contributed by atoms with E-state index in [1.165, 1.54) is 11.1 Å². The topological polar surface area (TPSA) is 47.1 Å². The zero-order valence-corrected chi connectivity index (χ0v) is 12.6. The van der Waals surface area contributed by atoms with Gasteiger partial charge in [0.2, 0.25) is 0 Å². The Labute approximate surface area is 115 Å². The van der Waals surface area contributed by atoms with Crippen molar-refractivity contribution in [2.45, 2.75) is 32.9 Å². The van der Waals surface area contributed by atoms with E-state index in [1.807, 2.05) is 14.0 Å². The average Bonchev–Trinajstić information content (AvgIpc) is 2.51. The fourth-order valence-corrected chi connectivity index (χ4v) is 2.53. The van der Waals surface area contributed by atoms with Crippen LogP contribution < -0.4 is 5.73 Å². The van der Waals surface area contributed by atoms with Crippen molar-refractivity contribution in [3.05, 3.63) is 29.6 Å². The van der Waals surface area contributed by atoms with Crippen molar-refractivity contribution >= 4 is 11.0 Å². The number of rotatable bonds is 4. The summed E-state index contributed by atoms with van der Waals surface area (Å²) in [5.74, 6) is 1.04. The molecule has 0 saturated heterocycles. The van der Waals surface area contributed by atoms with Gasteiger partial charge in [0.25, 0.3) is 0 Å². The molecular weight excluding hydrogens is 236 g/mol. The highest BCUT2D eigenvalue weighted by Crippen LogP contribution is 2.17. The van der Waals surface area contributed by atoms with Crippen LogP contribution in [0.25, 0.3) is 11.0 Å². The van der Waals surface area contributed by atoms with E-state index in [9.17, 15) is 0 Å². The Morgan fingerprint density at radius 2 is 2.05 bits per heavy atom. The van der Waals surface area contributed by atoms with Crippen LogP contribution in [0.3, 0.4) is 0 Å². The zero-order valence-electron chi connectivity index (χ0n) is 12.6. The normalized spacial score (nSPS) is 12.6. The van der Waals surface area contributed by atoms with Crippen molar-refractivity contribution < 1.29 is 0 Å². The van der Waals surface area contributed by atoms with E-state index in [4.69, 9.17) is 5.73 Å². The number of imidazole rings is 1. The lowest BCUT2D eigenvalue weighted by Gasteiger charge is -2.26. The van der Waals surface area contributed by atoms with Crippen LogP contribution in [0.2, 0.25) is 0 Å². The van der Waals surface area contributed by atoms with Crippen LogP contribution in [0.15, 0.2) is 18.2 Å². The summed E-state index contributed by atoms with van der Waals surface area (Å²) in [4.78, 5) is 6.82. The fraction of sp³-hybridized carbons (Fsp3) is 0.533. The SMILES string of the molecule is Cc1nc2cc(CN(C)CC(C)(C)N)ccc2n1C. The van der Waals surface area contributed by atoms with Gasteiger partial charge in [-0.1, -0.05) is 6.07 Å². The number of fused-ring (bicyclic) bond motifs is 1. The van der Waals surface area contributed by atoms with Crippen LogP contribution in [0.5, 0.6) is 0 Å². The summed E-state index contributed by atoms with van der Waals surface area (Å²) in [6, 6.07) is 6.48. The number of hydrogen-bond acceptors (Lipinski definition) is 3. The molecule has 2 N–H and O–H groups in total. The number of aryl methyl sites for hydroxylation is 2. The first-order valence-electron chi connectivity index (χ1n) is 6.66. The molecule has 1 heterocycles. The molecule has 0 saturated carbocycles. The van der Waals surface area contributed by atoms with Crippen molar-refractivity contribution in [2.24, 2.45) is 12.8 Å². The third-order valence-electron chi connectivity index (χ3n) is 3.30. The van der Waals surface area contributed by atoms with Gasteiger partial charge in [0, 0.05) is 25.7 Å². The predicted molar refractivity (Wildman–Crippen MR) is 80.1 cm³/mol. The fourth-order valence-electron chi connectivity index (χ4n) is 2.53. The molecule has 1 aromatic carbocycles. The van der Waals surface area contributed by atoms with Gasteiger partial charge in [0.1, 0.15) is 5.82 Å². The minimum absolute atomic E-state index is 0.166. The summed E-state index contributed by atoms with van der Waals surface area (Å²) < 4.78 is 2.12. The van der Waals surface area contributed by atoms with Crippen LogP contribution in [0.4, 0.5) is 0 Å². The lowest BCUT2D eigenvalue weighted by atomic mass is 10.1. The second-order valence-corrected chi connectivity index (χ2v) is 6.20. The van der Waals surface area contributed by atoms with Crippen LogP contribution in [-0.4, -0.2) is 33.6 Å². The number of nitrogens with zero attached hydrogens (tertiary/aromatic N) is 3. The summed E-state index contributed by atoms with van der Waals surface area (Å²) in [5.41, 5.74) is 9.41. The van der Waals surface area contributed by atoms with Crippen LogP contribution in [-0.2, 0) is 13.6 Å². The van der Waals surface area contributed by atoms with Gasteiger partial charge in [-0.05, 0) is 45.5 Å². The monoisotopic (exact) mass is 260 g/mol. The molecule has 4 nitrogen and oxygen atoms in total. The molecule has 19 heavy (non-hydrogen) atoms. The second-order valence-electron chi connectivity index (χ2n) is 6.20. The molecule has 0 amide bonds. The number of aromatic nitrogens is 2. The molecule has 1 aromatic heterocycles. The van der Waals surface area contributed by atoms with E-state index < -0.39 is 0 Å². The van der Waals surface area contributed by atoms with Gasteiger partial charge >= 0.3 is 0 Å². The van der Waals surface area contributed by atoms with E-state index in [0.29, 0.717) is 0 Å². The molecule has 2 rings (SSSR count). The quantitative estimate of drug-likeness (QED) is 0.915. The maximum absolute atomic E-state index is 6.05. The van der Waals surface area contributed by atoms with Gasteiger partial charge in [-0.3, -0.25) is 0 Å². The first-order chi connectivity index (χ1) is 8.76. The van der Waals surface area contributed by atoms with E-state index in [0.717, 1.165) is 24.4 Å². The van der Waals surface area contributed by atoms with E-state index in [2.05, 4.69) is 53.5 Å². The standard InChI is InChI=1S/C15H24N4/c1-11-17-13-8-12(6-7-14(13)19(11)5)9-18(4)10-15(2,3)16/h6-8H,9-10,16H2,1-5H3. The predicted octanol–water partition coefficient (Wildman–Crippen LogP) is 2.05. The van der Waals surface area contributed by atoms with Crippen molar-refractivity contribution in [3.8, 4) is 0 Å². The van der Waals surface area contributed by atoms with Gasteiger partial charge < -0.3 is 15.2 Å². The first kappa shape index (κ1) is 14.0. The minimum atomic E-state index is -0.166. The molecule has 2 aromatic rings. The largest absolute Gasteiger partial charge is 0.331 e. The van der Waals surface area contributed by atoms with Gasteiger partial charge in [-0.25, -0.2) is 4.98 Å². The summed E-state index contributed by atoms with van der Waals surface area (Å²) in [5, 5.41) is 0. The maximum Gasteiger partial charge on any atom is 0.106 e. The van der Waals surface area contributed by atoms with Gasteiger partial charge in [-0.15, -0.1) is 0 Å². The van der Waals surface area contributed by atoms with Crippen molar-refractivity contribution in [2.75, 3.05) is 13.6 Å². The molecule has 0 unspecified atom stereocenters. The molecule has 0 bridgehead atoms. The lowest BCUT2D eigenvalue weighted by Crippen LogP contribution is -2.43. The smallest absolute Gasteiger partial charge is 0.106 e. The molecule has 0 atom stereocenters. The third-order valence-corrected chi connectivity index (χ3v) is 3.30. The van der Waals surface area contributed by atoms with Crippen molar-refractivity contribution in [1.82, 2.24) is 14.5 Å². The third kappa shape index (κ3) is 3.33. The highest BCUT2D eigenvalue weighted by Gasteiger charge is 2.14. The summed E-state index contributed by atoms with van der Waals surface area (Å²) in [7, 11) is 4.15. The highest BCUT2D eigenvalue weighted by atomic mass is 15.1. The van der Waals surface area contributed by atoms with E-state index in [1.54, 1.807) is 0 Å². The minimum Gasteiger partial charge on any atom is -0.331 e. The van der Waals surface area contributed by atoms with E-state index in [-0.39, 0.29) is 5.54 Å². The molecule has 104 valence electrons. The summed E-state index contributed by atoms with van der Waals surface area (Å²) >= 11 is 0. The number of hydrogen-bond donors (Lipinski definition) is 1. The Kier molecular flexibility index (Phi) is 3.65. The van der Waals surface area contributed by atoms with Crippen LogP contribution in [0.1, 0.15) is 25.2 Å². The number of nitrogens with two attached hydrogens (primary N) is 1. The molecule has 0 fully saturated rings. The molecule has 4 heteroatoms. The van der Waals surface area contributed by atoms with Gasteiger partial charge in [-0.2, -0.15) is 0 Å². The second kappa shape index (κ2) is 4.94. The highest BCUT2D eigenvalue weighted by molar-refractivity contribution is 5.76. The molecule has 0 spiro atoms. The number of likely N-dealkylation sites (N-methyl/N-ethyl adjacent to an activating group) is 1. The maximum atomic E-state index is 6.05. The molecule has 0 aliphatic rings. The summed E-state index contributed by atoms with van der Waals surface area (Å²) in [6.45, 7) is 7.89. The Morgan fingerprint density at radius 1 is 1.37 bits per heavy atom. The zero-order chi connectivity index (χ0) is 14.2. The molecule has 0 aliphatic carbocycles. The Balaban J connectivity index is 2.18. The first-order valence-corrected chi connectivity index (χ1v) is 6.66. The Morgan fingerprint density at radius 3 is 2.68 bits per heavy atom. The van der Waals surface area contributed by atoms with Gasteiger partial charge in [0.15, 0.2) is 0 Å². The average molecular weight is 260 g/mol.